The minimum atomic E-state index is -3.76. The molecule has 1 rings (SSSR count). The van der Waals surface area contributed by atoms with Crippen molar-refractivity contribution in [1.82, 2.24) is 0 Å². The summed E-state index contributed by atoms with van der Waals surface area (Å²) in [5.41, 5.74) is 5.19. The fraction of sp³-hybridized carbons (Fsp3) is 0.222. The highest BCUT2D eigenvalue weighted by Gasteiger charge is 2.14. The fourth-order valence-corrected chi connectivity index (χ4v) is 1.99. The van der Waals surface area contributed by atoms with Crippen molar-refractivity contribution in [1.29, 1.82) is 0 Å². The lowest BCUT2D eigenvalue weighted by atomic mass is 10.2. The molecule has 0 spiro atoms. The van der Waals surface area contributed by atoms with E-state index < -0.39 is 10.1 Å². The van der Waals surface area contributed by atoms with Crippen molar-refractivity contribution in [3.05, 3.63) is 28.8 Å². The zero-order valence-electron chi connectivity index (χ0n) is 8.22. The highest BCUT2D eigenvalue weighted by atomic mass is 35.5. The Balaban J connectivity index is 3.02. The molecule has 0 aliphatic carbocycles. The fourth-order valence-electron chi connectivity index (χ4n) is 1.01. The average molecular weight is 264 g/mol. The Kier molecular flexibility index (Phi) is 4.28. The summed E-state index contributed by atoms with van der Waals surface area (Å²) < 4.78 is 27.3. The van der Waals surface area contributed by atoms with Gasteiger partial charge in [0.05, 0.1) is 11.3 Å². The Morgan fingerprint density at radius 1 is 1.44 bits per heavy atom. The summed E-state index contributed by atoms with van der Waals surface area (Å²) in [6.07, 6.45) is 0.471. The molecule has 0 saturated carbocycles. The molecule has 16 heavy (non-hydrogen) atoms. The summed E-state index contributed by atoms with van der Waals surface area (Å²) in [7, 11) is -3.76. The molecular formula is C9H10ClNO4S. The molecule has 5 nitrogen and oxygen atoms in total. The summed E-state index contributed by atoms with van der Waals surface area (Å²) in [6, 6.07) is 4.07. The minimum absolute atomic E-state index is 0.0483. The number of halogens is 1. The van der Waals surface area contributed by atoms with Crippen molar-refractivity contribution < 1.29 is 17.4 Å². The minimum Gasteiger partial charge on any atom is -0.382 e. The van der Waals surface area contributed by atoms with Crippen LogP contribution in [0.15, 0.2) is 18.2 Å². The van der Waals surface area contributed by atoms with Gasteiger partial charge in [-0.25, -0.2) is 0 Å². The van der Waals surface area contributed by atoms with Gasteiger partial charge in [-0.2, -0.15) is 8.42 Å². The molecular weight excluding hydrogens is 254 g/mol. The second-order valence-corrected chi connectivity index (χ2v) is 5.06. The molecule has 1 aromatic rings. The standard InChI is InChI=1S/C9H10ClNO4S/c10-8-1-2-9(7(5-8)6-12)15-16(13,14)4-3-11/h1-2,5-6H,3-4,11H2. The molecule has 88 valence electrons. The quantitative estimate of drug-likeness (QED) is 0.628. The predicted molar refractivity (Wildman–Crippen MR) is 60.3 cm³/mol. The van der Waals surface area contributed by atoms with Gasteiger partial charge in [0.2, 0.25) is 0 Å². The van der Waals surface area contributed by atoms with Gasteiger partial charge in [0.25, 0.3) is 0 Å². The van der Waals surface area contributed by atoms with Crippen molar-refractivity contribution in [2.24, 2.45) is 5.73 Å². The molecule has 0 radical (unpaired) electrons. The first-order valence-electron chi connectivity index (χ1n) is 4.35. The third-order valence-electron chi connectivity index (χ3n) is 1.68. The molecule has 0 fully saturated rings. The lowest BCUT2D eigenvalue weighted by Gasteiger charge is -2.07. The van der Waals surface area contributed by atoms with Crippen molar-refractivity contribution in [2.75, 3.05) is 12.3 Å². The SMILES string of the molecule is NCCS(=O)(=O)Oc1ccc(Cl)cc1C=O. The van der Waals surface area contributed by atoms with E-state index in [1.165, 1.54) is 18.2 Å². The highest BCUT2D eigenvalue weighted by molar-refractivity contribution is 7.87. The van der Waals surface area contributed by atoms with Crippen LogP contribution in [-0.4, -0.2) is 27.0 Å². The summed E-state index contributed by atoms with van der Waals surface area (Å²) in [4.78, 5) is 10.7. The van der Waals surface area contributed by atoms with E-state index in [-0.39, 0.29) is 23.6 Å². The van der Waals surface area contributed by atoms with E-state index >= 15 is 0 Å². The van der Waals surface area contributed by atoms with Gasteiger partial charge >= 0.3 is 10.1 Å². The zero-order chi connectivity index (χ0) is 12.2. The topological polar surface area (TPSA) is 86.5 Å². The summed E-state index contributed by atoms with van der Waals surface area (Å²) in [5.74, 6) is -0.360. The largest absolute Gasteiger partial charge is 0.382 e. The summed E-state index contributed by atoms with van der Waals surface area (Å²) in [6.45, 7) is -0.0493. The Labute approximate surface area is 98.3 Å². The molecule has 0 aliphatic rings. The third-order valence-corrected chi connectivity index (χ3v) is 3.09. The molecule has 7 heteroatoms. The monoisotopic (exact) mass is 263 g/mol. The van der Waals surface area contributed by atoms with E-state index in [0.29, 0.717) is 11.3 Å². The zero-order valence-corrected chi connectivity index (χ0v) is 9.79. The second-order valence-electron chi connectivity index (χ2n) is 2.93. The number of carbonyl (C=O) groups is 1. The molecule has 0 saturated heterocycles. The first-order valence-corrected chi connectivity index (χ1v) is 6.31. The van der Waals surface area contributed by atoms with Crippen LogP contribution in [0.25, 0.3) is 0 Å². The number of hydrogen-bond donors (Lipinski definition) is 1. The van der Waals surface area contributed by atoms with Gasteiger partial charge in [-0.15, -0.1) is 0 Å². The van der Waals surface area contributed by atoms with Crippen LogP contribution in [0.1, 0.15) is 10.4 Å². The molecule has 0 unspecified atom stereocenters. The Morgan fingerprint density at radius 3 is 2.69 bits per heavy atom. The van der Waals surface area contributed by atoms with E-state index in [9.17, 15) is 13.2 Å². The summed E-state index contributed by atoms with van der Waals surface area (Å²) in [5, 5.41) is 0.325. The molecule has 0 aliphatic heterocycles. The van der Waals surface area contributed by atoms with Crippen molar-refractivity contribution >= 4 is 28.0 Å². The van der Waals surface area contributed by atoms with E-state index in [2.05, 4.69) is 0 Å². The van der Waals surface area contributed by atoms with Crippen LogP contribution >= 0.6 is 11.6 Å². The average Bonchev–Trinajstić information content (AvgIpc) is 2.20. The van der Waals surface area contributed by atoms with Crippen LogP contribution in [0.4, 0.5) is 0 Å². The van der Waals surface area contributed by atoms with Gasteiger partial charge in [0.1, 0.15) is 0 Å². The lowest BCUT2D eigenvalue weighted by Crippen LogP contribution is -2.20. The smallest absolute Gasteiger partial charge is 0.310 e. The van der Waals surface area contributed by atoms with Crippen molar-refractivity contribution in [2.45, 2.75) is 0 Å². The van der Waals surface area contributed by atoms with Crippen molar-refractivity contribution in [3.8, 4) is 5.75 Å². The maximum atomic E-state index is 11.3. The van der Waals surface area contributed by atoms with Gasteiger partial charge < -0.3 is 9.92 Å². The van der Waals surface area contributed by atoms with Gasteiger partial charge in [-0.3, -0.25) is 4.79 Å². The van der Waals surface area contributed by atoms with Gasteiger partial charge in [-0.1, -0.05) is 11.6 Å². The molecule has 0 bridgehead atoms. The molecule has 0 amide bonds. The molecule has 2 N–H and O–H groups in total. The first kappa shape index (κ1) is 13.0. The summed E-state index contributed by atoms with van der Waals surface area (Å²) >= 11 is 5.64. The number of rotatable bonds is 5. The Hall–Kier alpha value is -1.11. The van der Waals surface area contributed by atoms with E-state index in [1.54, 1.807) is 0 Å². The molecule has 1 aromatic carbocycles. The van der Waals surface area contributed by atoms with E-state index in [4.69, 9.17) is 21.5 Å². The maximum absolute atomic E-state index is 11.3. The number of benzene rings is 1. The Bertz CT molecular complexity index is 486. The van der Waals surface area contributed by atoms with Crippen LogP contribution in [0, 0.1) is 0 Å². The van der Waals surface area contributed by atoms with Gasteiger partial charge in [0, 0.05) is 11.6 Å². The van der Waals surface area contributed by atoms with Gasteiger partial charge in [0.15, 0.2) is 12.0 Å². The third kappa shape index (κ3) is 3.48. The predicted octanol–water partition coefficient (Wildman–Crippen LogP) is 0.820. The number of hydrogen-bond acceptors (Lipinski definition) is 5. The number of nitrogens with two attached hydrogens (primary N) is 1. The van der Waals surface area contributed by atoms with Crippen LogP contribution in [0.3, 0.4) is 0 Å². The van der Waals surface area contributed by atoms with Crippen LogP contribution in [0.5, 0.6) is 5.75 Å². The van der Waals surface area contributed by atoms with E-state index in [0.717, 1.165) is 0 Å². The molecule has 0 atom stereocenters. The van der Waals surface area contributed by atoms with Crippen LogP contribution in [0.2, 0.25) is 5.02 Å². The second kappa shape index (κ2) is 5.29. The first-order chi connectivity index (χ1) is 7.48. The number of carbonyl (C=O) groups excluding carboxylic acids is 1. The van der Waals surface area contributed by atoms with Crippen LogP contribution < -0.4 is 9.92 Å². The van der Waals surface area contributed by atoms with Crippen LogP contribution in [-0.2, 0) is 10.1 Å². The molecule has 0 heterocycles. The Morgan fingerprint density at radius 2 is 2.12 bits per heavy atom. The van der Waals surface area contributed by atoms with Gasteiger partial charge in [-0.05, 0) is 18.2 Å². The lowest BCUT2D eigenvalue weighted by molar-refractivity contribution is 0.112. The molecule has 0 aromatic heterocycles. The van der Waals surface area contributed by atoms with Crippen molar-refractivity contribution in [3.63, 3.8) is 0 Å². The maximum Gasteiger partial charge on any atom is 0.310 e. The normalized spacial score (nSPS) is 11.1. The number of aldehydes is 1. The van der Waals surface area contributed by atoms with E-state index in [1.807, 2.05) is 0 Å². The highest BCUT2D eigenvalue weighted by Crippen LogP contribution is 2.22.